The Morgan fingerprint density at radius 2 is 1.86 bits per heavy atom. The maximum atomic E-state index is 6.11. The number of rotatable bonds is 6. The van der Waals surface area contributed by atoms with E-state index in [-0.39, 0.29) is 6.04 Å². The lowest BCUT2D eigenvalue weighted by Gasteiger charge is -2.20. The van der Waals surface area contributed by atoms with Crippen LogP contribution < -0.4 is 10.1 Å². The van der Waals surface area contributed by atoms with E-state index < -0.39 is 0 Å². The van der Waals surface area contributed by atoms with Crippen LogP contribution in [-0.2, 0) is 6.42 Å². The molecule has 1 N–H and O–H groups in total. The normalized spacial score (nSPS) is 12.2. The predicted molar refractivity (Wildman–Crippen MR) is 89.6 cm³/mol. The van der Waals surface area contributed by atoms with Crippen LogP contribution in [0.25, 0.3) is 0 Å². The summed E-state index contributed by atoms with van der Waals surface area (Å²) in [6, 6.07) is 13.8. The van der Waals surface area contributed by atoms with Gasteiger partial charge in [0.05, 0.1) is 7.11 Å². The van der Waals surface area contributed by atoms with Gasteiger partial charge < -0.3 is 10.1 Å². The van der Waals surface area contributed by atoms with E-state index >= 15 is 0 Å². The van der Waals surface area contributed by atoms with Crippen molar-refractivity contribution in [3.8, 4) is 5.75 Å². The van der Waals surface area contributed by atoms with Crippen LogP contribution in [0.1, 0.15) is 24.1 Å². The standard InChI is InChI=1S/C17H19Cl2NO/c1-3-20-16(12-5-4-6-14(18)9-12)11-13-10-15(19)7-8-17(13)21-2/h4-10,16,20H,3,11H2,1-2H3. The highest BCUT2D eigenvalue weighted by Crippen LogP contribution is 2.28. The number of ether oxygens (including phenoxy) is 1. The van der Waals surface area contributed by atoms with Crippen molar-refractivity contribution in [3.05, 3.63) is 63.6 Å². The molecule has 2 nitrogen and oxygen atoms in total. The molecule has 0 aliphatic rings. The Kier molecular flexibility index (Phi) is 5.92. The van der Waals surface area contributed by atoms with E-state index in [1.54, 1.807) is 7.11 Å². The van der Waals surface area contributed by atoms with Gasteiger partial charge in [0.1, 0.15) is 5.75 Å². The van der Waals surface area contributed by atoms with Crippen molar-refractivity contribution in [2.45, 2.75) is 19.4 Å². The summed E-state index contributed by atoms with van der Waals surface area (Å²) in [4.78, 5) is 0. The molecule has 2 aromatic carbocycles. The van der Waals surface area contributed by atoms with Gasteiger partial charge in [-0.25, -0.2) is 0 Å². The van der Waals surface area contributed by atoms with Crippen LogP contribution in [0.3, 0.4) is 0 Å². The Hall–Kier alpha value is -1.22. The fraction of sp³-hybridized carbons (Fsp3) is 0.294. The highest BCUT2D eigenvalue weighted by atomic mass is 35.5. The number of likely N-dealkylation sites (N-methyl/N-ethyl adjacent to an activating group) is 1. The van der Waals surface area contributed by atoms with Gasteiger partial charge in [0, 0.05) is 16.1 Å². The lowest BCUT2D eigenvalue weighted by Crippen LogP contribution is -2.23. The molecule has 0 fully saturated rings. The zero-order valence-corrected chi connectivity index (χ0v) is 13.7. The fourth-order valence-corrected chi connectivity index (χ4v) is 2.80. The highest BCUT2D eigenvalue weighted by Gasteiger charge is 2.14. The lowest BCUT2D eigenvalue weighted by molar-refractivity contribution is 0.405. The van der Waals surface area contributed by atoms with Crippen LogP contribution in [0.15, 0.2) is 42.5 Å². The zero-order valence-electron chi connectivity index (χ0n) is 12.2. The molecule has 0 aliphatic carbocycles. The molecule has 0 heterocycles. The molecule has 2 aromatic rings. The summed E-state index contributed by atoms with van der Waals surface area (Å²) >= 11 is 12.2. The molecule has 0 saturated heterocycles. The van der Waals surface area contributed by atoms with Crippen LogP contribution >= 0.6 is 23.2 Å². The Balaban J connectivity index is 2.30. The van der Waals surface area contributed by atoms with Crippen LogP contribution in [0.5, 0.6) is 5.75 Å². The second-order valence-electron chi connectivity index (χ2n) is 4.83. The van der Waals surface area contributed by atoms with Crippen LogP contribution in [0, 0.1) is 0 Å². The van der Waals surface area contributed by atoms with Crippen LogP contribution in [-0.4, -0.2) is 13.7 Å². The van der Waals surface area contributed by atoms with Crippen molar-refractivity contribution in [2.75, 3.05) is 13.7 Å². The molecule has 112 valence electrons. The van der Waals surface area contributed by atoms with Gasteiger partial charge in [-0.1, -0.05) is 42.3 Å². The minimum atomic E-state index is 0.168. The summed E-state index contributed by atoms with van der Waals surface area (Å²) in [5, 5.41) is 4.95. The molecule has 0 spiro atoms. The van der Waals surface area contributed by atoms with Gasteiger partial charge in [0.25, 0.3) is 0 Å². The monoisotopic (exact) mass is 323 g/mol. The smallest absolute Gasteiger partial charge is 0.122 e. The van der Waals surface area contributed by atoms with Gasteiger partial charge >= 0.3 is 0 Å². The first-order valence-corrected chi connectivity index (χ1v) is 7.71. The molecule has 21 heavy (non-hydrogen) atoms. The second kappa shape index (κ2) is 7.69. The molecule has 0 radical (unpaired) electrons. The summed E-state index contributed by atoms with van der Waals surface area (Å²) in [7, 11) is 1.67. The fourth-order valence-electron chi connectivity index (χ4n) is 2.40. The summed E-state index contributed by atoms with van der Waals surface area (Å²) in [6.45, 7) is 2.97. The SMILES string of the molecule is CCNC(Cc1cc(Cl)ccc1OC)c1cccc(Cl)c1. The van der Waals surface area contributed by atoms with Crippen molar-refractivity contribution in [2.24, 2.45) is 0 Å². The maximum Gasteiger partial charge on any atom is 0.122 e. The first kappa shape index (κ1) is 16.2. The average Bonchev–Trinajstić information content (AvgIpc) is 2.47. The van der Waals surface area contributed by atoms with Crippen LogP contribution in [0.2, 0.25) is 10.0 Å². The van der Waals surface area contributed by atoms with E-state index in [4.69, 9.17) is 27.9 Å². The Morgan fingerprint density at radius 1 is 1.10 bits per heavy atom. The number of halogens is 2. The molecular formula is C17H19Cl2NO. The summed E-state index contributed by atoms with van der Waals surface area (Å²) < 4.78 is 5.43. The van der Waals surface area contributed by atoms with Gasteiger partial charge in [0.2, 0.25) is 0 Å². The maximum absolute atomic E-state index is 6.11. The molecule has 0 aromatic heterocycles. The Morgan fingerprint density at radius 3 is 2.52 bits per heavy atom. The van der Waals surface area contributed by atoms with Gasteiger partial charge in [-0.05, 0) is 54.4 Å². The Bertz CT molecular complexity index is 601. The topological polar surface area (TPSA) is 21.3 Å². The minimum Gasteiger partial charge on any atom is -0.496 e. The molecule has 0 aliphatic heterocycles. The third-order valence-corrected chi connectivity index (χ3v) is 3.84. The number of benzene rings is 2. The molecule has 2 rings (SSSR count). The zero-order chi connectivity index (χ0) is 15.2. The molecule has 0 saturated carbocycles. The Labute approximate surface area is 136 Å². The minimum absolute atomic E-state index is 0.168. The van der Waals surface area contributed by atoms with Gasteiger partial charge in [-0.2, -0.15) is 0 Å². The van der Waals surface area contributed by atoms with E-state index in [1.807, 2.05) is 36.4 Å². The summed E-state index contributed by atoms with van der Waals surface area (Å²) in [5.41, 5.74) is 2.24. The van der Waals surface area contributed by atoms with Crippen molar-refractivity contribution in [3.63, 3.8) is 0 Å². The number of hydrogen-bond donors (Lipinski definition) is 1. The third-order valence-electron chi connectivity index (χ3n) is 3.37. The van der Waals surface area contributed by atoms with Gasteiger partial charge in [-0.3, -0.25) is 0 Å². The molecule has 0 bridgehead atoms. The number of hydrogen-bond acceptors (Lipinski definition) is 2. The molecule has 1 atom stereocenters. The average molecular weight is 324 g/mol. The summed E-state index contributed by atoms with van der Waals surface area (Å²) in [5.74, 6) is 0.851. The predicted octanol–water partition coefficient (Wildman–Crippen LogP) is 4.90. The molecular weight excluding hydrogens is 305 g/mol. The van der Waals surface area contributed by atoms with Crippen molar-refractivity contribution < 1.29 is 4.74 Å². The molecule has 1 unspecified atom stereocenters. The quantitative estimate of drug-likeness (QED) is 0.816. The van der Waals surface area contributed by atoms with Gasteiger partial charge in [-0.15, -0.1) is 0 Å². The lowest BCUT2D eigenvalue weighted by atomic mass is 9.98. The highest BCUT2D eigenvalue weighted by molar-refractivity contribution is 6.31. The largest absolute Gasteiger partial charge is 0.496 e. The van der Waals surface area contributed by atoms with Gasteiger partial charge in [0.15, 0.2) is 0 Å². The van der Waals surface area contributed by atoms with E-state index in [1.165, 1.54) is 0 Å². The van der Waals surface area contributed by atoms with E-state index in [0.29, 0.717) is 5.02 Å². The van der Waals surface area contributed by atoms with Crippen molar-refractivity contribution in [1.29, 1.82) is 0 Å². The first-order chi connectivity index (χ1) is 10.1. The number of methoxy groups -OCH3 is 1. The third kappa shape index (κ3) is 4.37. The molecule has 4 heteroatoms. The van der Waals surface area contributed by atoms with Crippen LogP contribution in [0.4, 0.5) is 0 Å². The first-order valence-electron chi connectivity index (χ1n) is 6.95. The summed E-state index contributed by atoms with van der Waals surface area (Å²) in [6.07, 6.45) is 0.790. The molecule has 0 amide bonds. The van der Waals surface area contributed by atoms with Crippen molar-refractivity contribution >= 4 is 23.2 Å². The number of nitrogens with one attached hydrogen (secondary N) is 1. The second-order valence-corrected chi connectivity index (χ2v) is 5.70. The van der Waals surface area contributed by atoms with Crippen molar-refractivity contribution in [1.82, 2.24) is 5.32 Å². The van der Waals surface area contributed by atoms with E-state index in [9.17, 15) is 0 Å². The van der Waals surface area contributed by atoms with E-state index in [2.05, 4.69) is 18.3 Å². The van der Waals surface area contributed by atoms with E-state index in [0.717, 1.165) is 34.9 Å².